The average molecular weight is 253 g/mol. The summed E-state index contributed by atoms with van der Waals surface area (Å²) in [6, 6.07) is 20.2. The number of nitrogens with one attached hydrogen (secondary N) is 1. The molecule has 2 rings (SSSR count). The first-order chi connectivity index (χ1) is 9.31. The lowest BCUT2D eigenvalue weighted by atomic mass is 9.98. The fourth-order valence-electron chi connectivity index (χ4n) is 2.37. The summed E-state index contributed by atoms with van der Waals surface area (Å²) in [4.78, 5) is 0. The van der Waals surface area contributed by atoms with Crippen molar-refractivity contribution in [1.82, 2.24) is 5.32 Å². The minimum Gasteiger partial charge on any atom is -0.316 e. The molecule has 100 valence electrons. The van der Waals surface area contributed by atoms with Gasteiger partial charge in [0.25, 0.3) is 0 Å². The summed E-state index contributed by atoms with van der Waals surface area (Å²) >= 11 is 0. The lowest BCUT2D eigenvalue weighted by Crippen LogP contribution is -2.29. The summed E-state index contributed by atoms with van der Waals surface area (Å²) in [6.45, 7) is 2.20. The van der Waals surface area contributed by atoms with Gasteiger partial charge in [0.2, 0.25) is 0 Å². The van der Waals surface area contributed by atoms with Crippen molar-refractivity contribution >= 4 is 0 Å². The molecule has 0 saturated heterocycles. The highest BCUT2D eigenvalue weighted by molar-refractivity contribution is 5.24. The van der Waals surface area contributed by atoms with Crippen LogP contribution in [-0.2, 0) is 19.3 Å². The monoisotopic (exact) mass is 253 g/mol. The first kappa shape index (κ1) is 13.8. The van der Waals surface area contributed by atoms with E-state index in [-0.39, 0.29) is 0 Å². The van der Waals surface area contributed by atoms with Gasteiger partial charge in [-0.25, -0.2) is 0 Å². The third-order valence-electron chi connectivity index (χ3n) is 3.65. The van der Waals surface area contributed by atoms with E-state index in [1.807, 2.05) is 7.05 Å². The fourth-order valence-corrected chi connectivity index (χ4v) is 2.37. The number of likely N-dealkylation sites (N-methyl/N-ethyl adjacent to an activating group) is 1. The first-order valence-corrected chi connectivity index (χ1v) is 7.10. The van der Waals surface area contributed by atoms with Crippen molar-refractivity contribution in [3.05, 3.63) is 71.3 Å². The highest BCUT2D eigenvalue weighted by atomic mass is 14.9. The second kappa shape index (κ2) is 7.10. The van der Waals surface area contributed by atoms with Gasteiger partial charge < -0.3 is 5.32 Å². The number of aryl methyl sites for hydroxylation is 1. The van der Waals surface area contributed by atoms with Crippen LogP contribution in [0.15, 0.2) is 54.6 Å². The lowest BCUT2D eigenvalue weighted by Gasteiger charge is -2.16. The molecule has 0 aliphatic rings. The van der Waals surface area contributed by atoms with Gasteiger partial charge in [0.1, 0.15) is 0 Å². The Morgan fingerprint density at radius 3 is 1.84 bits per heavy atom. The van der Waals surface area contributed by atoms with Gasteiger partial charge in [-0.15, -0.1) is 0 Å². The van der Waals surface area contributed by atoms with Crippen LogP contribution >= 0.6 is 0 Å². The van der Waals surface area contributed by atoms with Gasteiger partial charge in [0.05, 0.1) is 0 Å². The molecule has 0 fully saturated rings. The van der Waals surface area contributed by atoms with E-state index < -0.39 is 0 Å². The van der Waals surface area contributed by atoms with Crippen LogP contribution in [0.1, 0.15) is 23.6 Å². The van der Waals surface area contributed by atoms with E-state index in [0.29, 0.717) is 6.04 Å². The summed E-state index contributed by atoms with van der Waals surface area (Å²) in [5.74, 6) is 0. The summed E-state index contributed by atoms with van der Waals surface area (Å²) in [6.07, 6.45) is 3.27. The van der Waals surface area contributed by atoms with Gasteiger partial charge in [0, 0.05) is 6.04 Å². The van der Waals surface area contributed by atoms with Crippen molar-refractivity contribution in [2.45, 2.75) is 32.2 Å². The summed E-state index contributed by atoms with van der Waals surface area (Å²) < 4.78 is 0. The summed E-state index contributed by atoms with van der Waals surface area (Å²) in [5.41, 5.74) is 4.22. The molecule has 0 heterocycles. The third kappa shape index (κ3) is 4.22. The van der Waals surface area contributed by atoms with Gasteiger partial charge in [-0.2, -0.15) is 0 Å². The first-order valence-electron chi connectivity index (χ1n) is 7.10. The molecule has 0 radical (unpaired) electrons. The smallest absolute Gasteiger partial charge is 0.0145 e. The van der Waals surface area contributed by atoms with Crippen LogP contribution in [0, 0.1) is 0 Å². The van der Waals surface area contributed by atoms with E-state index in [2.05, 4.69) is 66.8 Å². The van der Waals surface area contributed by atoms with Crippen molar-refractivity contribution in [1.29, 1.82) is 0 Å². The molecule has 0 aliphatic carbocycles. The average Bonchev–Trinajstić information content (AvgIpc) is 2.48. The fraction of sp³-hybridized carbons (Fsp3) is 0.333. The molecule has 0 bridgehead atoms. The maximum atomic E-state index is 3.43. The molecule has 1 heteroatoms. The van der Waals surface area contributed by atoms with E-state index in [1.165, 1.54) is 16.7 Å². The zero-order valence-electron chi connectivity index (χ0n) is 11.9. The quantitative estimate of drug-likeness (QED) is 0.829. The van der Waals surface area contributed by atoms with Gasteiger partial charge in [-0.05, 0) is 43.0 Å². The molecule has 0 saturated carbocycles. The van der Waals surface area contributed by atoms with Gasteiger partial charge in [-0.3, -0.25) is 0 Å². The van der Waals surface area contributed by atoms with Crippen LogP contribution < -0.4 is 5.32 Å². The molecule has 2 aromatic rings. The third-order valence-corrected chi connectivity index (χ3v) is 3.65. The Labute approximate surface area is 116 Å². The molecule has 19 heavy (non-hydrogen) atoms. The van der Waals surface area contributed by atoms with Gasteiger partial charge in [0.15, 0.2) is 0 Å². The SMILES string of the molecule is CCc1ccc(CC(Cc2ccccc2)NC)cc1. The van der Waals surface area contributed by atoms with E-state index in [4.69, 9.17) is 0 Å². The Kier molecular flexibility index (Phi) is 5.17. The van der Waals surface area contributed by atoms with E-state index in [1.54, 1.807) is 0 Å². The van der Waals surface area contributed by atoms with Crippen LogP contribution in [0.25, 0.3) is 0 Å². The zero-order chi connectivity index (χ0) is 13.5. The van der Waals surface area contributed by atoms with Crippen LogP contribution in [0.3, 0.4) is 0 Å². The van der Waals surface area contributed by atoms with Crippen molar-refractivity contribution in [2.24, 2.45) is 0 Å². The van der Waals surface area contributed by atoms with Crippen molar-refractivity contribution < 1.29 is 0 Å². The van der Waals surface area contributed by atoms with Crippen LogP contribution in [0.5, 0.6) is 0 Å². The van der Waals surface area contributed by atoms with E-state index in [9.17, 15) is 0 Å². The number of rotatable bonds is 6. The highest BCUT2D eigenvalue weighted by Crippen LogP contribution is 2.11. The molecule has 1 unspecified atom stereocenters. The highest BCUT2D eigenvalue weighted by Gasteiger charge is 2.08. The summed E-state index contributed by atoms with van der Waals surface area (Å²) in [7, 11) is 2.05. The number of hydrogen-bond acceptors (Lipinski definition) is 1. The van der Waals surface area contributed by atoms with Crippen LogP contribution in [-0.4, -0.2) is 13.1 Å². The normalized spacial score (nSPS) is 12.3. The Bertz CT molecular complexity index is 473. The van der Waals surface area contributed by atoms with Crippen molar-refractivity contribution in [2.75, 3.05) is 7.05 Å². The Hall–Kier alpha value is -1.60. The Morgan fingerprint density at radius 2 is 1.32 bits per heavy atom. The molecule has 1 nitrogen and oxygen atoms in total. The molecule has 1 N–H and O–H groups in total. The second-order valence-electron chi connectivity index (χ2n) is 5.05. The lowest BCUT2D eigenvalue weighted by molar-refractivity contribution is 0.556. The maximum Gasteiger partial charge on any atom is 0.0145 e. The predicted octanol–water partition coefficient (Wildman–Crippen LogP) is 3.62. The standard InChI is InChI=1S/C18H23N/c1-3-15-9-11-17(12-10-15)14-18(19-2)13-16-7-5-4-6-8-16/h4-12,18-19H,3,13-14H2,1-2H3. The van der Waals surface area contributed by atoms with Crippen molar-refractivity contribution in [3.63, 3.8) is 0 Å². The molecular formula is C18H23N. The number of benzene rings is 2. The molecule has 2 aromatic carbocycles. The topological polar surface area (TPSA) is 12.0 Å². The largest absolute Gasteiger partial charge is 0.316 e. The second-order valence-corrected chi connectivity index (χ2v) is 5.05. The van der Waals surface area contributed by atoms with Gasteiger partial charge in [-0.1, -0.05) is 61.5 Å². The minimum absolute atomic E-state index is 0.495. The minimum atomic E-state index is 0.495. The molecule has 0 aromatic heterocycles. The Morgan fingerprint density at radius 1 is 0.789 bits per heavy atom. The van der Waals surface area contributed by atoms with Crippen LogP contribution in [0.4, 0.5) is 0 Å². The van der Waals surface area contributed by atoms with Crippen molar-refractivity contribution in [3.8, 4) is 0 Å². The molecule has 0 amide bonds. The molecule has 0 spiro atoms. The zero-order valence-corrected chi connectivity index (χ0v) is 11.9. The molecular weight excluding hydrogens is 230 g/mol. The summed E-state index contributed by atoms with van der Waals surface area (Å²) in [5, 5.41) is 3.43. The predicted molar refractivity (Wildman–Crippen MR) is 82.5 cm³/mol. The molecule has 0 aliphatic heterocycles. The van der Waals surface area contributed by atoms with Gasteiger partial charge >= 0.3 is 0 Å². The molecule has 1 atom stereocenters. The number of hydrogen-bond donors (Lipinski definition) is 1. The van der Waals surface area contributed by atoms with Crippen LogP contribution in [0.2, 0.25) is 0 Å². The Balaban J connectivity index is 1.98. The maximum absolute atomic E-state index is 3.43. The van der Waals surface area contributed by atoms with E-state index >= 15 is 0 Å². The van der Waals surface area contributed by atoms with E-state index in [0.717, 1.165) is 19.3 Å².